The molecule has 0 saturated heterocycles. The Balaban J connectivity index is 1.34. The molecule has 1 aromatic carbocycles. The van der Waals surface area contributed by atoms with Gasteiger partial charge in [0.15, 0.2) is 6.10 Å². The molecule has 32 heavy (non-hydrogen) atoms. The van der Waals surface area contributed by atoms with Crippen molar-refractivity contribution in [3.63, 3.8) is 0 Å². The number of rotatable bonds is 4. The summed E-state index contributed by atoms with van der Waals surface area (Å²) in [6.07, 6.45) is 3.97. The van der Waals surface area contributed by atoms with Gasteiger partial charge in [-0.2, -0.15) is 0 Å². The van der Waals surface area contributed by atoms with Gasteiger partial charge in [0.05, 0.1) is 16.8 Å². The van der Waals surface area contributed by atoms with E-state index in [4.69, 9.17) is 4.74 Å². The van der Waals surface area contributed by atoms with Gasteiger partial charge in [0.25, 0.3) is 5.91 Å². The quantitative estimate of drug-likeness (QED) is 0.701. The lowest BCUT2D eigenvalue weighted by Gasteiger charge is -2.60. The monoisotopic (exact) mass is 439 g/mol. The van der Waals surface area contributed by atoms with Crippen LogP contribution in [0.1, 0.15) is 52.4 Å². The SMILES string of the molecule is CC(=O)NC12C[C@H]3C[C@@H](C1)CC(C(=O)O[C@H](C)C(=O)N1CC(=O)Nc4ccccc41)(C3)C2. The summed E-state index contributed by atoms with van der Waals surface area (Å²) >= 11 is 0. The molecule has 170 valence electrons. The van der Waals surface area contributed by atoms with Gasteiger partial charge in [0.1, 0.15) is 6.54 Å². The molecular formula is C24H29N3O5. The average Bonchev–Trinajstić information content (AvgIpc) is 2.70. The van der Waals surface area contributed by atoms with Gasteiger partial charge in [-0.1, -0.05) is 12.1 Å². The Kier molecular flexibility index (Phi) is 4.80. The Morgan fingerprint density at radius 1 is 1.16 bits per heavy atom. The number of amides is 3. The first kappa shape index (κ1) is 21.0. The van der Waals surface area contributed by atoms with E-state index in [-0.39, 0.29) is 29.9 Å². The molecule has 0 aromatic heterocycles. The van der Waals surface area contributed by atoms with Gasteiger partial charge in [-0.15, -0.1) is 0 Å². The number of fused-ring (bicyclic) bond motifs is 1. The first-order valence-corrected chi connectivity index (χ1v) is 11.4. The second-order valence-electron chi connectivity index (χ2n) is 10.2. The Labute approximate surface area is 187 Å². The van der Waals surface area contributed by atoms with Crippen molar-refractivity contribution in [1.82, 2.24) is 5.32 Å². The molecule has 2 N–H and O–H groups in total. The first-order chi connectivity index (χ1) is 15.2. The van der Waals surface area contributed by atoms with E-state index < -0.39 is 17.4 Å². The van der Waals surface area contributed by atoms with Crippen molar-refractivity contribution in [3.8, 4) is 0 Å². The van der Waals surface area contributed by atoms with Crippen LogP contribution in [0.5, 0.6) is 0 Å². The van der Waals surface area contributed by atoms with Crippen LogP contribution in [-0.4, -0.2) is 41.9 Å². The molecule has 8 heteroatoms. The lowest BCUT2D eigenvalue weighted by Crippen LogP contribution is -2.65. The van der Waals surface area contributed by atoms with Crippen LogP contribution < -0.4 is 15.5 Å². The fourth-order valence-electron chi connectivity index (χ4n) is 7.01. The van der Waals surface area contributed by atoms with Gasteiger partial charge in [0.2, 0.25) is 11.8 Å². The lowest BCUT2D eigenvalue weighted by molar-refractivity contribution is -0.181. The number of benzene rings is 1. The number of esters is 1. The van der Waals surface area contributed by atoms with Crippen molar-refractivity contribution >= 4 is 35.1 Å². The normalized spacial score (nSPS) is 33.2. The molecule has 0 radical (unpaired) electrons. The van der Waals surface area contributed by atoms with Crippen LogP contribution in [0, 0.1) is 17.3 Å². The minimum Gasteiger partial charge on any atom is -0.452 e. The fraction of sp³-hybridized carbons (Fsp3) is 0.583. The molecule has 5 atom stereocenters. The molecule has 1 aliphatic heterocycles. The molecule has 2 unspecified atom stereocenters. The second kappa shape index (κ2) is 7.32. The van der Waals surface area contributed by atoms with Crippen LogP contribution in [0.2, 0.25) is 0 Å². The summed E-state index contributed by atoms with van der Waals surface area (Å²) in [5.74, 6) is -0.340. The van der Waals surface area contributed by atoms with Crippen molar-refractivity contribution in [3.05, 3.63) is 24.3 Å². The maximum atomic E-state index is 13.4. The highest BCUT2D eigenvalue weighted by atomic mass is 16.5. The number of hydrogen-bond donors (Lipinski definition) is 2. The molecule has 1 aromatic rings. The molecule has 6 rings (SSSR count). The van der Waals surface area contributed by atoms with E-state index in [9.17, 15) is 19.2 Å². The maximum Gasteiger partial charge on any atom is 0.312 e. The smallest absolute Gasteiger partial charge is 0.312 e. The highest BCUT2D eigenvalue weighted by Crippen LogP contribution is 2.62. The van der Waals surface area contributed by atoms with Crippen LogP contribution >= 0.6 is 0 Å². The number of hydrogen-bond acceptors (Lipinski definition) is 5. The molecule has 1 heterocycles. The van der Waals surface area contributed by atoms with Gasteiger partial charge in [-0.3, -0.25) is 24.1 Å². The van der Waals surface area contributed by atoms with Gasteiger partial charge < -0.3 is 15.4 Å². The van der Waals surface area contributed by atoms with Crippen LogP contribution in [0.25, 0.3) is 0 Å². The molecule has 3 amide bonds. The van der Waals surface area contributed by atoms with E-state index in [2.05, 4.69) is 10.6 Å². The van der Waals surface area contributed by atoms with E-state index in [1.807, 2.05) is 0 Å². The summed E-state index contributed by atoms with van der Waals surface area (Å²) in [4.78, 5) is 52.0. The summed E-state index contributed by atoms with van der Waals surface area (Å²) in [6, 6.07) is 7.08. The zero-order valence-electron chi connectivity index (χ0n) is 18.5. The zero-order valence-corrected chi connectivity index (χ0v) is 18.5. The van der Waals surface area contributed by atoms with Gasteiger partial charge in [-0.05, 0) is 69.4 Å². The standard InChI is InChI=1S/C24H29N3O5/c1-14(21(30)27-12-20(29)25-18-5-3-4-6-19(18)27)32-22(31)23-8-16-7-17(9-23)11-24(10-16,13-23)26-15(2)28/h3-6,14,16-17H,7-13H2,1-2H3,(H,25,29)(H,26,28)/t14-,16-,17+,23?,24?/m1/s1. The number of nitrogens with zero attached hydrogens (tertiary/aromatic N) is 1. The van der Waals surface area contributed by atoms with Crippen LogP contribution in [0.3, 0.4) is 0 Å². The van der Waals surface area contributed by atoms with E-state index in [0.717, 1.165) is 32.1 Å². The number of carbonyl (C=O) groups is 4. The van der Waals surface area contributed by atoms with Crippen LogP contribution in [0.15, 0.2) is 24.3 Å². The van der Waals surface area contributed by atoms with E-state index in [0.29, 0.717) is 29.6 Å². The van der Waals surface area contributed by atoms with Gasteiger partial charge in [-0.25, -0.2) is 0 Å². The lowest BCUT2D eigenvalue weighted by atomic mass is 9.47. The number of carbonyl (C=O) groups excluding carboxylic acids is 4. The summed E-state index contributed by atoms with van der Waals surface area (Å²) < 4.78 is 5.78. The third-order valence-electron chi connectivity index (χ3n) is 7.60. The van der Waals surface area contributed by atoms with Crippen molar-refractivity contribution in [2.24, 2.45) is 17.3 Å². The first-order valence-electron chi connectivity index (χ1n) is 11.4. The number of ether oxygens (including phenoxy) is 1. The highest BCUT2D eigenvalue weighted by Gasteiger charge is 2.62. The Bertz CT molecular complexity index is 991. The van der Waals surface area contributed by atoms with E-state index >= 15 is 0 Å². The predicted octanol–water partition coefficient (Wildman–Crippen LogP) is 2.38. The molecule has 8 nitrogen and oxygen atoms in total. The summed E-state index contributed by atoms with van der Waals surface area (Å²) in [5.41, 5.74) is 0.165. The van der Waals surface area contributed by atoms with Crippen molar-refractivity contribution < 1.29 is 23.9 Å². The summed E-state index contributed by atoms with van der Waals surface area (Å²) in [6.45, 7) is 2.98. The molecule has 5 aliphatic rings. The van der Waals surface area contributed by atoms with Crippen molar-refractivity contribution in [2.75, 3.05) is 16.8 Å². The second-order valence-corrected chi connectivity index (χ2v) is 10.2. The van der Waals surface area contributed by atoms with Crippen molar-refractivity contribution in [1.29, 1.82) is 0 Å². The van der Waals surface area contributed by atoms with Crippen LogP contribution in [0.4, 0.5) is 11.4 Å². The number of para-hydroxylation sites is 2. The molecular weight excluding hydrogens is 410 g/mol. The largest absolute Gasteiger partial charge is 0.452 e. The molecule has 0 spiro atoms. The number of anilines is 2. The summed E-state index contributed by atoms with van der Waals surface area (Å²) in [7, 11) is 0. The Morgan fingerprint density at radius 3 is 2.53 bits per heavy atom. The third kappa shape index (κ3) is 3.45. The average molecular weight is 440 g/mol. The minimum absolute atomic E-state index is 0.0685. The Hall–Kier alpha value is -2.90. The third-order valence-corrected chi connectivity index (χ3v) is 7.60. The summed E-state index contributed by atoms with van der Waals surface area (Å²) in [5, 5.41) is 5.90. The van der Waals surface area contributed by atoms with Crippen molar-refractivity contribution in [2.45, 2.75) is 64.0 Å². The zero-order chi connectivity index (χ0) is 22.7. The highest BCUT2D eigenvalue weighted by molar-refractivity contribution is 6.11. The van der Waals surface area contributed by atoms with Crippen LogP contribution in [-0.2, 0) is 23.9 Å². The minimum atomic E-state index is -1.01. The fourth-order valence-corrected chi connectivity index (χ4v) is 7.01. The van der Waals surface area contributed by atoms with Gasteiger partial charge >= 0.3 is 5.97 Å². The van der Waals surface area contributed by atoms with E-state index in [1.165, 1.54) is 11.8 Å². The van der Waals surface area contributed by atoms with E-state index in [1.54, 1.807) is 31.2 Å². The molecule has 4 saturated carbocycles. The van der Waals surface area contributed by atoms with Gasteiger partial charge in [0, 0.05) is 12.5 Å². The Morgan fingerprint density at radius 2 is 1.84 bits per heavy atom. The maximum absolute atomic E-state index is 13.4. The molecule has 4 aliphatic carbocycles. The molecule has 4 fully saturated rings. The predicted molar refractivity (Wildman–Crippen MR) is 117 cm³/mol. The molecule has 4 bridgehead atoms. The topological polar surface area (TPSA) is 105 Å². The number of nitrogens with one attached hydrogen (secondary N) is 2.